The monoisotopic (exact) mass is 410 g/mol. The lowest BCUT2D eigenvalue weighted by atomic mass is 9.85. The van der Waals surface area contributed by atoms with Crippen LogP contribution in [0.1, 0.15) is 24.5 Å². The highest BCUT2D eigenvalue weighted by Crippen LogP contribution is 2.52. The Morgan fingerprint density at radius 3 is 2.30 bits per heavy atom. The number of guanidine groups is 1. The number of imide groups is 1. The van der Waals surface area contributed by atoms with E-state index in [9.17, 15) is 9.59 Å². The molecule has 7 heteroatoms. The normalized spacial score (nSPS) is 27.1. The average molecular weight is 411 g/mol. The van der Waals surface area contributed by atoms with E-state index >= 15 is 0 Å². The number of benzene rings is 1. The molecular formula is C23H30N4O3. The highest BCUT2D eigenvalue weighted by molar-refractivity contribution is 6.06. The molecular weight excluding hydrogens is 380 g/mol. The fourth-order valence-corrected chi connectivity index (χ4v) is 4.85. The largest absolute Gasteiger partial charge is 0.377 e. The van der Waals surface area contributed by atoms with Gasteiger partial charge in [0.1, 0.15) is 0 Å². The number of hydrogen-bond acceptors (Lipinski definition) is 4. The fraction of sp³-hybridized carbons (Fsp3) is 0.522. The van der Waals surface area contributed by atoms with E-state index in [2.05, 4.69) is 52.0 Å². The molecule has 1 heterocycles. The van der Waals surface area contributed by atoms with E-state index in [1.807, 2.05) is 6.92 Å². The van der Waals surface area contributed by atoms with Crippen molar-refractivity contribution in [2.75, 3.05) is 26.7 Å². The Labute approximate surface area is 177 Å². The second-order valence-electron chi connectivity index (χ2n) is 8.13. The maximum atomic E-state index is 12.7. The summed E-state index contributed by atoms with van der Waals surface area (Å²) in [7, 11) is 1.71. The van der Waals surface area contributed by atoms with Crippen molar-refractivity contribution in [3.63, 3.8) is 0 Å². The lowest BCUT2D eigenvalue weighted by Crippen LogP contribution is -2.43. The van der Waals surface area contributed by atoms with E-state index in [0.29, 0.717) is 38.8 Å². The van der Waals surface area contributed by atoms with E-state index in [0.717, 1.165) is 17.5 Å². The third kappa shape index (κ3) is 3.99. The van der Waals surface area contributed by atoms with Crippen molar-refractivity contribution in [3.05, 3.63) is 47.5 Å². The smallest absolute Gasteiger partial charge is 0.233 e. The van der Waals surface area contributed by atoms with Gasteiger partial charge in [-0.1, -0.05) is 36.4 Å². The molecule has 4 unspecified atom stereocenters. The van der Waals surface area contributed by atoms with Gasteiger partial charge in [0.05, 0.1) is 18.4 Å². The first kappa shape index (κ1) is 20.6. The maximum absolute atomic E-state index is 12.7. The lowest BCUT2D eigenvalue weighted by molar-refractivity contribution is -0.140. The molecule has 2 fully saturated rings. The molecule has 2 N–H and O–H groups in total. The van der Waals surface area contributed by atoms with Crippen molar-refractivity contribution >= 4 is 17.8 Å². The molecule has 4 rings (SSSR count). The van der Waals surface area contributed by atoms with Gasteiger partial charge in [0, 0.05) is 33.3 Å². The zero-order valence-corrected chi connectivity index (χ0v) is 17.6. The van der Waals surface area contributed by atoms with E-state index in [1.54, 1.807) is 7.05 Å². The molecule has 2 bridgehead atoms. The first-order valence-corrected chi connectivity index (χ1v) is 10.8. The molecule has 3 aliphatic rings. The molecule has 1 saturated heterocycles. The van der Waals surface area contributed by atoms with E-state index in [-0.39, 0.29) is 35.5 Å². The number of ether oxygens (including phenoxy) is 1. The summed E-state index contributed by atoms with van der Waals surface area (Å²) in [6.07, 6.45) is 5.20. The zero-order chi connectivity index (χ0) is 21.1. The quantitative estimate of drug-likeness (QED) is 0.295. The molecule has 1 aliphatic heterocycles. The molecule has 4 atom stereocenters. The molecule has 2 amide bonds. The van der Waals surface area contributed by atoms with Crippen molar-refractivity contribution < 1.29 is 14.3 Å². The number of rotatable bonds is 8. The number of likely N-dealkylation sites (tertiary alicyclic amines) is 1. The first-order chi connectivity index (χ1) is 14.6. The summed E-state index contributed by atoms with van der Waals surface area (Å²) in [6, 6.07) is 8.26. The van der Waals surface area contributed by atoms with Crippen LogP contribution in [0.5, 0.6) is 0 Å². The molecule has 1 aromatic carbocycles. The molecule has 0 aromatic heterocycles. The van der Waals surface area contributed by atoms with Crippen LogP contribution in [-0.4, -0.2) is 49.4 Å². The SMILES string of the molecule is CCOCc1ccc(CNC(=NC)NCCN2C(=O)C3C4C=CC(C4)C3C2=O)cc1. The van der Waals surface area contributed by atoms with Gasteiger partial charge in [-0.2, -0.15) is 0 Å². The summed E-state index contributed by atoms with van der Waals surface area (Å²) in [5, 5.41) is 6.48. The fourth-order valence-electron chi connectivity index (χ4n) is 4.85. The van der Waals surface area contributed by atoms with Gasteiger partial charge in [-0.3, -0.25) is 19.5 Å². The molecule has 30 heavy (non-hydrogen) atoms. The lowest BCUT2D eigenvalue weighted by Gasteiger charge is -2.18. The number of carbonyl (C=O) groups excluding carboxylic acids is 2. The number of allylic oxidation sites excluding steroid dienone is 2. The van der Waals surface area contributed by atoms with Crippen LogP contribution >= 0.6 is 0 Å². The zero-order valence-electron chi connectivity index (χ0n) is 17.6. The third-order valence-corrected chi connectivity index (χ3v) is 6.37. The molecule has 0 spiro atoms. The van der Waals surface area contributed by atoms with Crippen molar-refractivity contribution in [2.24, 2.45) is 28.7 Å². The number of fused-ring (bicyclic) bond motifs is 5. The van der Waals surface area contributed by atoms with Crippen LogP contribution in [0, 0.1) is 23.7 Å². The van der Waals surface area contributed by atoms with Gasteiger partial charge in [-0.25, -0.2) is 0 Å². The minimum atomic E-state index is -0.129. The molecule has 160 valence electrons. The standard InChI is InChI=1S/C23H30N4O3/c1-3-30-14-16-6-4-15(5-7-16)13-26-23(24-2)25-10-11-27-21(28)19-17-8-9-18(12-17)20(19)22(27)29/h4-9,17-20H,3,10-14H2,1-2H3,(H2,24,25,26). The van der Waals surface area contributed by atoms with Crippen molar-refractivity contribution in [1.82, 2.24) is 15.5 Å². The Morgan fingerprint density at radius 1 is 1.07 bits per heavy atom. The summed E-state index contributed by atoms with van der Waals surface area (Å²) in [4.78, 5) is 31.1. The third-order valence-electron chi connectivity index (χ3n) is 6.37. The van der Waals surface area contributed by atoms with Crippen LogP contribution in [-0.2, 0) is 27.5 Å². The van der Waals surface area contributed by atoms with Gasteiger partial charge in [-0.05, 0) is 36.3 Å². The van der Waals surface area contributed by atoms with E-state index in [1.165, 1.54) is 4.90 Å². The topological polar surface area (TPSA) is 83.0 Å². The second kappa shape index (κ2) is 9.00. The Hall–Kier alpha value is -2.67. The van der Waals surface area contributed by atoms with Crippen molar-refractivity contribution in [1.29, 1.82) is 0 Å². The highest BCUT2D eigenvalue weighted by Gasteiger charge is 2.58. The molecule has 1 aromatic rings. The van der Waals surface area contributed by atoms with Gasteiger partial charge >= 0.3 is 0 Å². The van der Waals surface area contributed by atoms with Gasteiger partial charge in [0.2, 0.25) is 11.8 Å². The van der Waals surface area contributed by atoms with Crippen LogP contribution < -0.4 is 10.6 Å². The summed E-state index contributed by atoms with van der Waals surface area (Å²) in [5.74, 6) is 0.894. The first-order valence-electron chi connectivity index (χ1n) is 10.8. The number of carbonyl (C=O) groups is 2. The predicted octanol–water partition coefficient (Wildman–Crippen LogP) is 1.70. The number of nitrogens with zero attached hydrogens (tertiary/aromatic N) is 2. The van der Waals surface area contributed by atoms with E-state index in [4.69, 9.17) is 4.74 Å². The van der Waals surface area contributed by atoms with Gasteiger partial charge < -0.3 is 15.4 Å². The Kier molecular flexibility index (Phi) is 6.18. The summed E-state index contributed by atoms with van der Waals surface area (Å²) in [5.41, 5.74) is 2.29. The number of aliphatic imine (C=N–C) groups is 1. The van der Waals surface area contributed by atoms with Crippen LogP contribution in [0.15, 0.2) is 41.4 Å². The van der Waals surface area contributed by atoms with Crippen molar-refractivity contribution in [3.8, 4) is 0 Å². The van der Waals surface area contributed by atoms with Gasteiger partial charge in [0.25, 0.3) is 0 Å². The number of amides is 2. The Bertz CT molecular complexity index is 819. The van der Waals surface area contributed by atoms with Crippen molar-refractivity contribution in [2.45, 2.75) is 26.5 Å². The molecule has 0 radical (unpaired) electrons. The molecule has 1 saturated carbocycles. The summed E-state index contributed by atoms with van der Waals surface area (Å²) >= 11 is 0. The second-order valence-corrected chi connectivity index (χ2v) is 8.13. The Balaban J connectivity index is 1.23. The minimum absolute atomic E-state index is 0.00117. The summed E-state index contributed by atoms with van der Waals surface area (Å²) in [6.45, 7) is 4.80. The van der Waals surface area contributed by atoms with Gasteiger partial charge in [0.15, 0.2) is 5.96 Å². The maximum Gasteiger partial charge on any atom is 0.233 e. The minimum Gasteiger partial charge on any atom is -0.377 e. The average Bonchev–Trinajstić information content (AvgIpc) is 3.45. The predicted molar refractivity (Wildman–Crippen MR) is 114 cm³/mol. The van der Waals surface area contributed by atoms with E-state index < -0.39 is 0 Å². The molecule has 7 nitrogen and oxygen atoms in total. The van der Waals surface area contributed by atoms with Gasteiger partial charge in [-0.15, -0.1) is 0 Å². The summed E-state index contributed by atoms with van der Waals surface area (Å²) < 4.78 is 5.42. The van der Waals surface area contributed by atoms with Crippen LogP contribution in [0.2, 0.25) is 0 Å². The van der Waals surface area contributed by atoms with Crippen LogP contribution in [0.4, 0.5) is 0 Å². The van der Waals surface area contributed by atoms with Crippen LogP contribution in [0.25, 0.3) is 0 Å². The molecule has 2 aliphatic carbocycles. The number of hydrogen-bond donors (Lipinski definition) is 2. The van der Waals surface area contributed by atoms with Crippen LogP contribution in [0.3, 0.4) is 0 Å². The Morgan fingerprint density at radius 2 is 1.70 bits per heavy atom. The number of nitrogens with one attached hydrogen (secondary N) is 2. The highest BCUT2D eigenvalue weighted by atomic mass is 16.5.